The summed E-state index contributed by atoms with van der Waals surface area (Å²) in [7, 11) is 0. The van der Waals surface area contributed by atoms with Crippen LogP contribution in [0.4, 0.5) is 57.1 Å². The topological polar surface area (TPSA) is 78.6 Å². The number of halogens is 13. The van der Waals surface area contributed by atoms with Crippen LogP contribution in [0.2, 0.25) is 0 Å². The van der Waals surface area contributed by atoms with Crippen molar-refractivity contribution in [1.29, 1.82) is 0 Å². The zero-order valence-corrected chi connectivity index (χ0v) is 30.2. The van der Waals surface area contributed by atoms with Gasteiger partial charge in [-0.25, -0.2) is 0 Å². The Hall–Kier alpha value is -5.23. The van der Waals surface area contributed by atoms with Gasteiger partial charge in [0.25, 0.3) is 0 Å². The molecule has 20 heteroatoms. The molecule has 0 aliphatic heterocycles. The minimum Gasteiger partial charge on any atom is -0.352 e. The van der Waals surface area contributed by atoms with Gasteiger partial charge in [-0.2, -0.15) is 39.5 Å². The van der Waals surface area contributed by atoms with Gasteiger partial charge in [0.1, 0.15) is 0 Å². The van der Waals surface area contributed by atoms with Crippen molar-refractivity contribution in [3.05, 3.63) is 136 Å². The molecule has 0 amide bonds. The van der Waals surface area contributed by atoms with Crippen molar-refractivity contribution >= 4 is 0 Å². The van der Waals surface area contributed by atoms with E-state index in [4.69, 9.17) is 0 Å². The number of hydrogen-bond acceptors (Lipinski definition) is 5. The molecule has 0 spiro atoms. The predicted octanol–water partition coefficient (Wildman–Crippen LogP) is 10.1. The van der Waals surface area contributed by atoms with Gasteiger partial charge in [-0.15, -0.1) is 24.3 Å². The molecular weight excluding hydrogens is 944 g/mol. The fourth-order valence-electron chi connectivity index (χ4n) is 4.37. The maximum absolute atomic E-state index is 13.8. The molecule has 0 aliphatic carbocycles. The first-order valence-electron chi connectivity index (χ1n) is 14.7. The van der Waals surface area contributed by atoms with Crippen molar-refractivity contribution in [2.45, 2.75) is 39.3 Å². The van der Waals surface area contributed by atoms with Crippen LogP contribution in [0.1, 0.15) is 33.6 Å². The van der Waals surface area contributed by atoms with Crippen molar-refractivity contribution in [2.75, 3.05) is 0 Å². The number of alkyl halides is 9. The Morgan fingerprint density at radius 3 is 1.22 bits per heavy atom. The second-order valence-corrected chi connectivity index (χ2v) is 11.0. The Morgan fingerprint density at radius 2 is 0.891 bits per heavy atom. The number of hydrogen-bond donors (Lipinski definition) is 0. The van der Waals surface area contributed by atoms with Gasteiger partial charge < -0.3 is 25.1 Å². The first-order valence-corrected chi connectivity index (χ1v) is 14.7. The molecule has 0 radical (unpaired) electrons. The van der Waals surface area contributed by atoms with Gasteiger partial charge in [0.05, 0.1) is 34.8 Å². The Kier molecular flexibility index (Phi) is 14.0. The minimum atomic E-state index is -5.11. The van der Waals surface area contributed by atoms with E-state index in [9.17, 15) is 57.1 Å². The van der Waals surface area contributed by atoms with E-state index in [-0.39, 0.29) is 43.0 Å². The standard InChI is InChI=1S/2C13H7F5N.C9H6F3N4.Ir/c2*1-7-4-5-19-10(6-7)8-2-3-9(14)11(12(8)15)13(16,17)18;1-5-2-3-13-6(4-5)7-14-8(16-15-7)9(10,11)12;/h2*3-6H,1H3;2-4H,1H3;/q3*-1;+3. The van der Waals surface area contributed by atoms with Crippen LogP contribution in [0, 0.1) is 56.2 Å². The molecule has 6 aromatic rings. The SMILES string of the molecule is Cc1ccnc(-c2[c-]cc(F)c(C(F)(F)F)c2F)c1.Cc1ccnc(-c2[c-]cc(F)c(C(F)(F)F)c2F)c1.Cc1ccnc(-c2nnc(C(F)(F)F)[n-]2)c1.[Ir+3]. The van der Waals surface area contributed by atoms with Crippen LogP contribution >= 0.6 is 0 Å². The molecule has 0 saturated carbocycles. The molecule has 0 N–H and O–H groups in total. The summed E-state index contributed by atoms with van der Waals surface area (Å²) in [6.07, 6.45) is -10.7. The first kappa shape index (κ1) is 44.2. The third kappa shape index (κ3) is 11.2. The van der Waals surface area contributed by atoms with Crippen molar-refractivity contribution in [2.24, 2.45) is 0 Å². The summed E-state index contributed by atoms with van der Waals surface area (Å²) in [5, 5.41) is 6.32. The molecule has 0 fully saturated rings. The van der Waals surface area contributed by atoms with E-state index >= 15 is 0 Å². The van der Waals surface area contributed by atoms with E-state index in [1.54, 1.807) is 45.0 Å². The molecule has 0 saturated heterocycles. The maximum Gasteiger partial charge on any atom is 3.00 e. The fraction of sp³-hybridized carbons (Fsp3) is 0.171. The van der Waals surface area contributed by atoms with Gasteiger partial charge in [-0.05, 0) is 62.0 Å². The summed E-state index contributed by atoms with van der Waals surface area (Å²) in [4.78, 5) is 14.7. The molecule has 55 heavy (non-hydrogen) atoms. The smallest absolute Gasteiger partial charge is 0.352 e. The number of rotatable bonds is 3. The van der Waals surface area contributed by atoms with E-state index in [2.05, 4.69) is 42.3 Å². The van der Waals surface area contributed by atoms with Gasteiger partial charge in [-0.3, -0.25) is 22.5 Å². The number of aryl methyl sites for hydroxylation is 3. The fourth-order valence-corrected chi connectivity index (χ4v) is 4.37. The maximum atomic E-state index is 13.8. The van der Waals surface area contributed by atoms with Gasteiger partial charge in [0.2, 0.25) is 0 Å². The zero-order valence-electron chi connectivity index (χ0n) is 27.8. The summed E-state index contributed by atoms with van der Waals surface area (Å²) in [6, 6.07) is 14.6. The summed E-state index contributed by atoms with van der Waals surface area (Å²) >= 11 is 0. The van der Waals surface area contributed by atoms with Crippen molar-refractivity contribution in [1.82, 2.24) is 30.1 Å². The third-order valence-electron chi connectivity index (χ3n) is 6.80. The van der Waals surface area contributed by atoms with Crippen LogP contribution in [-0.4, -0.2) is 25.1 Å². The average molecular weight is 964 g/mol. The molecule has 0 bridgehead atoms. The molecule has 4 heterocycles. The molecule has 2 aromatic carbocycles. The van der Waals surface area contributed by atoms with Crippen LogP contribution in [0.15, 0.2) is 67.1 Å². The third-order valence-corrected chi connectivity index (χ3v) is 6.80. The van der Waals surface area contributed by atoms with Crippen molar-refractivity contribution in [3.63, 3.8) is 0 Å². The molecule has 0 aliphatic rings. The van der Waals surface area contributed by atoms with Crippen molar-refractivity contribution < 1.29 is 77.2 Å². The summed E-state index contributed by atoms with van der Waals surface area (Å²) in [6.45, 7) is 5.15. The Balaban J connectivity index is 0.000000220. The van der Waals surface area contributed by atoms with Crippen LogP contribution < -0.4 is 4.98 Å². The molecule has 4 aromatic heterocycles. The summed E-state index contributed by atoms with van der Waals surface area (Å²) in [5.74, 6) is -8.15. The number of pyridine rings is 3. The van der Waals surface area contributed by atoms with Crippen LogP contribution in [0.5, 0.6) is 0 Å². The molecule has 6 rings (SSSR count). The number of nitrogens with zero attached hydrogens (tertiary/aromatic N) is 6. The van der Waals surface area contributed by atoms with Gasteiger partial charge in [-0.1, -0.05) is 34.4 Å². The van der Waals surface area contributed by atoms with Crippen LogP contribution in [0.25, 0.3) is 34.0 Å². The predicted molar refractivity (Wildman–Crippen MR) is 165 cm³/mol. The minimum absolute atomic E-state index is 0. The second-order valence-electron chi connectivity index (χ2n) is 11.0. The van der Waals surface area contributed by atoms with Crippen LogP contribution in [-0.2, 0) is 38.6 Å². The molecule has 0 unspecified atom stereocenters. The van der Waals surface area contributed by atoms with Gasteiger partial charge >= 0.3 is 38.6 Å². The summed E-state index contributed by atoms with van der Waals surface area (Å²) in [5.41, 5.74) is -2.38. The molecular formula is C35H20F13IrN6. The van der Waals surface area contributed by atoms with E-state index in [0.29, 0.717) is 23.3 Å². The Labute approximate surface area is 316 Å². The van der Waals surface area contributed by atoms with E-state index in [0.717, 1.165) is 5.56 Å². The van der Waals surface area contributed by atoms with Gasteiger partial charge in [0, 0.05) is 35.5 Å². The van der Waals surface area contributed by atoms with E-state index in [1.807, 2.05) is 0 Å². The summed E-state index contributed by atoms with van der Waals surface area (Å²) < 4.78 is 166. The van der Waals surface area contributed by atoms with Crippen molar-refractivity contribution in [3.8, 4) is 34.0 Å². The largest absolute Gasteiger partial charge is 3.00 e. The molecule has 290 valence electrons. The quantitative estimate of drug-likeness (QED) is 0.130. The average Bonchev–Trinajstić information content (AvgIpc) is 3.56. The van der Waals surface area contributed by atoms with Gasteiger partial charge in [0.15, 0.2) is 0 Å². The molecule has 0 atom stereocenters. The van der Waals surface area contributed by atoms with Crippen LogP contribution in [0.3, 0.4) is 0 Å². The number of aromatic nitrogens is 6. The monoisotopic (exact) mass is 964 g/mol. The second kappa shape index (κ2) is 17.5. The van der Waals surface area contributed by atoms with E-state index in [1.165, 1.54) is 30.7 Å². The normalized spacial score (nSPS) is 11.5. The number of benzene rings is 2. The first-order chi connectivity index (χ1) is 25.1. The Bertz CT molecular complexity index is 2140. The molecule has 6 nitrogen and oxygen atoms in total. The van der Waals surface area contributed by atoms with E-state index < -0.39 is 69.9 Å². The zero-order chi connectivity index (χ0) is 40.2. The Morgan fingerprint density at radius 1 is 0.527 bits per heavy atom.